The Bertz CT molecular complexity index is 1140. The number of methoxy groups -OCH3 is 3. The molecule has 0 heterocycles. The van der Waals surface area contributed by atoms with E-state index in [1.807, 2.05) is 6.92 Å². The van der Waals surface area contributed by atoms with Crippen LogP contribution in [0.15, 0.2) is 65.6 Å². The van der Waals surface area contributed by atoms with Crippen molar-refractivity contribution < 1.29 is 27.7 Å². The summed E-state index contributed by atoms with van der Waals surface area (Å²) in [6, 6.07) is 16.4. The Morgan fingerprint density at radius 2 is 1.42 bits per heavy atom. The van der Waals surface area contributed by atoms with Crippen molar-refractivity contribution in [2.45, 2.75) is 17.9 Å². The first-order valence-corrected chi connectivity index (χ1v) is 10.9. The summed E-state index contributed by atoms with van der Waals surface area (Å²) in [6.45, 7) is 1.88. The van der Waals surface area contributed by atoms with Crippen LogP contribution >= 0.6 is 0 Å². The van der Waals surface area contributed by atoms with Gasteiger partial charge in [-0.15, -0.1) is 0 Å². The molecule has 2 N–H and O–H groups in total. The van der Waals surface area contributed by atoms with Gasteiger partial charge in [-0.25, -0.2) is 8.42 Å². The van der Waals surface area contributed by atoms with Crippen LogP contribution in [0.25, 0.3) is 0 Å². The standard InChI is InChI=1S/C23H25NO6S/c1-15-5-11-18(12-6-15)31(26,27)24-20-14-22(30-4)21(29-3)13-19(20)23(25)16-7-9-17(28-2)10-8-16/h5-14,23-25H,1-4H3/t23-/m0/s1. The van der Waals surface area contributed by atoms with Crippen molar-refractivity contribution >= 4 is 15.7 Å². The molecule has 0 aliphatic carbocycles. The molecule has 31 heavy (non-hydrogen) atoms. The number of nitrogens with one attached hydrogen (secondary N) is 1. The lowest BCUT2D eigenvalue weighted by molar-refractivity contribution is 0.220. The molecule has 3 aromatic carbocycles. The van der Waals surface area contributed by atoms with Crippen molar-refractivity contribution in [3.63, 3.8) is 0 Å². The van der Waals surface area contributed by atoms with Gasteiger partial charge in [0.25, 0.3) is 10.0 Å². The fourth-order valence-electron chi connectivity index (χ4n) is 3.10. The number of rotatable bonds is 8. The number of aliphatic hydroxyl groups excluding tert-OH is 1. The number of aryl methyl sites for hydroxylation is 1. The summed E-state index contributed by atoms with van der Waals surface area (Å²) < 4.78 is 44.4. The van der Waals surface area contributed by atoms with E-state index in [4.69, 9.17) is 14.2 Å². The van der Waals surface area contributed by atoms with Gasteiger partial charge in [0, 0.05) is 11.6 Å². The summed E-state index contributed by atoms with van der Waals surface area (Å²) in [5.74, 6) is 1.33. The molecule has 164 valence electrons. The van der Waals surface area contributed by atoms with Crippen LogP contribution in [0.3, 0.4) is 0 Å². The molecule has 0 saturated heterocycles. The van der Waals surface area contributed by atoms with Gasteiger partial charge in [0.1, 0.15) is 11.9 Å². The number of hydrogen-bond acceptors (Lipinski definition) is 6. The molecule has 0 aliphatic rings. The molecule has 0 unspecified atom stereocenters. The summed E-state index contributed by atoms with van der Waals surface area (Å²) in [6.07, 6.45) is -1.12. The van der Waals surface area contributed by atoms with Gasteiger partial charge in [0.15, 0.2) is 11.5 Å². The number of sulfonamides is 1. The summed E-state index contributed by atoms with van der Waals surface area (Å²) in [7, 11) is 0.576. The summed E-state index contributed by atoms with van der Waals surface area (Å²) in [5.41, 5.74) is 2.00. The van der Waals surface area contributed by atoms with E-state index in [0.717, 1.165) is 5.56 Å². The minimum Gasteiger partial charge on any atom is -0.497 e. The maximum Gasteiger partial charge on any atom is 0.261 e. The van der Waals surface area contributed by atoms with Gasteiger partial charge < -0.3 is 19.3 Å². The van der Waals surface area contributed by atoms with Gasteiger partial charge >= 0.3 is 0 Å². The monoisotopic (exact) mass is 443 g/mol. The molecule has 3 aromatic rings. The van der Waals surface area contributed by atoms with Gasteiger partial charge in [-0.1, -0.05) is 29.8 Å². The second-order valence-electron chi connectivity index (χ2n) is 6.89. The highest BCUT2D eigenvalue weighted by molar-refractivity contribution is 7.92. The number of anilines is 1. The Balaban J connectivity index is 2.08. The molecule has 3 rings (SSSR count). The zero-order valence-corrected chi connectivity index (χ0v) is 18.6. The minimum atomic E-state index is -3.90. The first-order chi connectivity index (χ1) is 14.8. The lowest BCUT2D eigenvalue weighted by Gasteiger charge is -2.20. The van der Waals surface area contributed by atoms with Crippen molar-refractivity contribution in [1.82, 2.24) is 0 Å². The second-order valence-corrected chi connectivity index (χ2v) is 8.57. The maximum atomic E-state index is 13.0. The van der Waals surface area contributed by atoms with E-state index in [2.05, 4.69) is 4.72 Å². The van der Waals surface area contributed by atoms with E-state index in [9.17, 15) is 13.5 Å². The molecule has 0 saturated carbocycles. The van der Waals surface area contributed by atoms with E-state index < -0.39 is 16.1 Å². The quantitative estimate of drug-likeness (QED) is 0.548. The highest BCUT2D eigenvalue weighted by atomic mass is 32.2. The SMILES string of the molecule is COc1ccc([C@H](O)c2cc(OC)c(OC)cc2NS(=O)(=O)c2ccc(C)cc2)cc1. The summed E-state index contributed by atoms with van der Waals surface area (Å²) in [4.78, 5) is 0.109. The zero-order chi connectivity index (χ0) is 22.6. The van der Waals surface area contributed by atoms with Crippen LogP contribution in [0.4, 0.5) is 5.69 Å². The highest BCUT2D eigenvalue weighted by Crippen LogP contribution is 2.39. The molecular weight excluding hydrogens is 418 g/mol. The highest BCUT2D eigenvalue weighted by Gasteiger charge is 2.23. The molecule has 0 fully saturated rings. The maximum absolute atomic E-state index is 13.0. The van der Waals surface area contributed by atoms with E-state index in [1.54, 1.807) is 49.6 Å². The average molecular weight is 444 g/mol. The van der Waals surface area contributed by atoms with Gasteiger partial charge in [0.2, 0.25) is 0 Å². The second kappa shape index (κ2) is 9.28. The number of aliphatic hydroxyl groups is 1. The lowest BCUT2D eigenvalue weighted by Crippen LogP contribution is -2.16. The molecule has 7 nitrogen and oxygen atoms in total. The van der Waals surface area contributed by atoms with Crippen LogP contribution in [0, 0.1) is 6.92 Å². The molecule has 0 bridgehead atoms. The molecule has 0 aliphatic heterocycles. The molecule has 0 radical (unpaired) electrons. The zero-order valence-electron chi connectivity index (χ0n) is 17.7. The largest absolute Gasteiger partial charge is 0.497 e. The Hall–Kier alpha value is -3.23. The molecular formula is C23H25NO6S. The van der Waals surface area contributed by atoms with E-state index in [1.165, 1.54) is 32.4 Å². The van der Waals surface area contributed by atoms with E-state index in [-0.39, 0.29) is 10.6 Å². The van der Waals surface area contributed by atoms with Gasteiger partial charge in [0.05, 0.1) is 31.9 Å². The number of hydrogen-bond donors (Lipinski definition) is 2. The third kappa shape index (κ3) is 4.92. The Kier molecular flexibility index (Phi) is 6.72. The van der Waals surface area contributed by atoms with Crippen molar-refractivity contribution in [2.24, 2.45) is 0 Å². The van der Waals surface area contributed by atoms with Crippen LogP contribution in [-0.2, 0) is 10.0 Å². The van der Waals surface area contributed by atoms with Crippen LogP contribution < -0.4 is 18.9 Å². The van der Waals surface area contributed by atoms with E-state index in [0.29, 0.717) is 28.4 Å². The summed E-state index contributed by atoms with van der Waals surface area (Å²) in [5, 5.41) is 11.1. The third-order valence-corrected chi connectivity index (χ3v) is 6.24. The minimum absolute atomic E-state index is 0.109. The smallest absolute Gasteiger partial charge is 0.261 e. The fraction of sp³-hybridized carbons (Fsp3) is 0.217. The summed E-state index contributed by atoms with van der Waals surface area (Å²) >= 11 is 0. The average Bonchev–Trinajstić information content (AvgIpc) is 2.78. The molecule has 8 heteroatoms. The van der Waals surface area contributed by atoms with Crippen LogP contribution in [0.2, 0.25) is 0 Å². The van der Waals surface area contributed by atoms with Gasteiger partial charge in [-0.05, 0) is 42.8 Å². The number of ether oxygens (including phenoxy) is 3. The first-order valence-electron chi connectivity index (χ1n) is 9.46. The molecule has 0 aromatic heterocycles. The van der Waals surface area contributed by atoms with E-state index >= 15 is 0 Å². The predicted molar refractivity (Wildman–Crippen MR) is 119 cm³/mol. The number of benzene rings is 3. The topological polar surface area (TPSA) is 94.1 Å². The van der Waals surface area contributed by atoms with Crippen molar-refractivity contribution in [2.75, 3.05) is 26.1 Å². The van der Waals surface area contributed by atoms with Crippen LogP contribution in [0.1, 0.15) is 22.8 Å². The van der Waals surface area contributed by atoms with Crippen molar-refractivity contribution in [3.8, 4) is 17.2 Å². The Morgan fingerprint density at radius 1 is 0.839 bits per heavy atom. The van der Waals surface area contributed by atoms with Gasteiger partial charge in [-0.3, -0.25) is 4.72 Å². The van der Waals surface area contributed by atoms with Crippen LogP contribution in [0.5, 0.6) is 17.2 Å². The molecule has 0 amide bonds. The van der Waals surface area contributed by atoms with Crippen molar-refractivity contribution in [3.05, 3.63) is 77.4 Å². The lowest BCUT2D eigenvalue weighted by atomic mass is 9.99. The fourth-order valence-corrected chi connectivity index (χ4v) is 4.17. The normalized spacial score (nSPS) is 12.2. The first kappa shape index (κ1) is 22.5. The predicted octanol–water partition coefficient (Wildman–Crippen LogP) is 3.90. The van der Waals surface area contributed by atoms with Gasteiger partial charge in [-0.2, -0.15) is 0 Å². The van der Waals surface area contributed by atoms with Crippen LogP contribution in [-0.4, -0.2) is 34.9 Å². The van der Waals surface area contributed by atoms with Crippen molar-refractivity contribution in [1.29, 1.82) is 0 Å². The molecule has 0 spiro atoms. The Labute approximate surface area is 182 Å². The molecule has 1 atom stereocenters. The Morgan fingerprint density at radius 3 is 1.97 bits per heavy atom. The third-order valence-electron chi connectivity index (χ3n) is 4.86.